The molecule has 0 heterocycles. The lowest BCUT2D eigenvalue weighted by atomic mass is 10.1. The summed E-state index contributed by atoms with van der Waals surface area (Å²) < 4.78 is 4.75. The molecule has 0 saturated heterocycles. The Morgan fingerprint density at radius 3 is 2.31 bits per heavy atom. The predicted octanol–water partition coefficient (Wildman–Crippen LogP) is 1.47. The first-order chi connectivity index (χ1) is 6.04. The monoisotopic (exact) mass is 185 g/mol. The number of ether oxygens (including phenoxy) is 1. The second-order valence-electron chi connectivity index (χ2n) is 2.49. The van der Waals surface area contributed by atoms with E-state index in [1.807, 2.05) is 0 Å². The van der Waals surface area contributed by atoms with Crippen LogP contribution in [-0.4, -0.2) is 30.4 Å². The number of aliphatic hydroxyl groups excluding tert-OH is 1. The first-order valence-corrected chi connectivity index (χ1v) is 4.05. The van der Waals surface area contributed by atoms with Gasteiger partial charge in [-0.2, -0.15) is 0 Å². The van der Waals surface area contributed by atoms with E-state index in [2.05, 4.69) is 4.99 Å². The largest absolute Gasteiger partial charge is 0.512 e. The van der Waals surface area contributed by atoms with Gasteiger partial charge in [0.2, 0.25) is 0 Å². The van der Waals surface area contributed by atoms with Gasteiger partial charge in [-0.1, -0.05) is 0 Å². The molecule has 0 fully saturated rings. The van der Waals surface area contributed by atoms with Crippen molar-refractivity contribution in [3.8, 4) is 0 Å². The third kappa shape index (κ3) is 3.27. The molecular formula is C9H15NO3. The highest BCUT2D eigenvalue weighted by Crippen LogP contribution is 2.06. The van der Waals surface area contributed by atoms with Crippen molar-refractivity contribution >= 4 is 11.7 Å². The van der Waals surface area contributed by atoms with Gasteiger partial charge < -0.3 is 9.84 Å². The zero-order valence-electron chi connectivity index (χ0n) is 8.42. The fraction of sp³-hybridized carbons (Fsp3) is 0.556. The van der Waals surface area contributed by atoms with Crippen molar-refractivity contribution < 1.29 is 14.6 Å². The molecule has 74 valence electrons. The molecule has 13 heavy (non-hydrogen) atoms. The summed E-state index contributed by atoms with van der Waals surface area (Å²) >= 11 is 0. The number of carbonyl (C=O) groups is 1. The Kier molecular flexibility index (Phi) is 4.80. The number of rotatable bonds is 3. The molecule has 0 aromatic rings. The summed E-state index contributed by atoms with van der Waals surface area (Å²) in [5, 5.41) is 9.21. The van der Waals surface area contributed by atoms with Gasteiger partial charge in [0.05, 0.1) is 6.61 Å². The van der Waals surface area contributed by atoms with Crippen molar-refractivity contribution in [1.29, 1.82) is 0 Å². The van der Waals surface area contributed by atoms with Gasteiger partial charge >= 0.3 is 5.97 Å². The van der Waals surface area contributed by atoms with E-state index in [-0.39, 0.29) is 17.9 Å². The van der Waals surface area contributed by atoms with Crippen LogP contribution in [0.5, 0.6) is 0 Å². The van der Waals surface area contributed by atoms with Crippen LogP contribution >= 0.6 is 0 Å². The zero-order valence-corrected chi connectivity index (χ0v) is 8.42. The highest BCUT2D eigenvalue weighted by atomic mass is 16.5. The molecule has 0 amide bonds. The molecule has 0 spiro atoms. The molecule has 0 saturated carbocycles. The molecule has 0 aliphatic carbocycles. The number of hydrogen-bond acceptors (Lipinski definition) is 4. The molecule has 0 aromatic carbocycles. The molecule has 4 heteroatoms. The minimum atomic E-state index is -0.536. The summed E-state index contributed by atoms with van der Waals surface area (Å²) in [6.07, 6.45) is 0. The summed E-state index contributed by atoms with van der Waals surface area (Å²) in [5.41, 5.74) is 0.614. The number of allylic oxidation sites excluding steroid dienone is 1. The van der Waals surface area contributed by atoms with Crippen LogP contribution in [-0.2, 0) is 9.53 Å². The predicted molar refractivity (Wildman–Crippen MR) is 51.0 cm³/mol. The van der Waals surface area contributed by atoms with Crippen molar-refractivity contribution in [3.05, 3.63) is 11.3 Å². The van der Waals surface area contributed by atoms with E-state index in [1.54, 1.807) is 20.9 Å². The number of esters is 1. The van der Waals surface area contributed by atoms with Crippen molar-refractivity contribution in [3.63, 3.8) is 0 Å². The first-order valence-electron chi connectivity index (χ1n) is 4.05. The van der Waals surface area contributed by atoms with Crippen LogP contribution in [0.25, 0.3) is 0 Å². The van der Waals surface area contributed by atoms with Crippen LogP contribution in [0.3, 0.4) is 0 Å². The van der Waals surface area contributed by atoms with E-state index >= 15 is 0 Å². The van der Waals surface area contributed by atoms with E-state index in [1.165, 1.54) is 6.92 Å². The van der Waals surface area contributed by atoms with Crippen molar-refractivity contribution in [2.45, 2.75) is 20.8 Å². The van der Waals surface area contributed by atoms with Gasteiger partial charge in [0.1, 0.15) is 11.3 Å². The summed E-state index contributed by atoms with van der Waals surface area (Å²) in [7, 11) is 1.55. The number of nitrogens with zero attached hydrogens (tertiary/aromatic N) is 1. The topological polar surface area (TPSA) is 58.9 Å². The fourth-order valence-electron chi connectivity index (χ4n) is 0.872. The van der Waals surface area contributed by atoms with E-state index in [9.17, 15) is 9.90 Å². The molecule has 0 aromatic heterocycles. The van der Waals surface area contributed by atoms with Gasteiger partial charge in [0.25, 0.3) is 0 Å². The average Bonchev–Trinajstić information content (AvgIpc) is 2.04. The normalized spacial score (nSPS) is 13.7. The Morgan fingerprint density at radius 2 is 2.00 bits per heavy atom. The highest BCUT2D eigenvalue weighted by Gasteiger charge is 2.16. The average molecular weight is 185 g/mol. The van der Waals surface area contributed by atoms with Gasteiger partial charge in [0.15, 0.2) is 0 Å². The maximum atomic E-state index is 11.3. The summed E-state index contributed by atoms with van der Waals surface area (Å²) in [6.45, 7) is 5.07. The molecule has 0 aliphatic rings. The number of aliphatic imine (C=N–C) groups is 1. The Hall–Kier alpha value is -1.32. The van der Waals surface area contributed by atoms with Crippen LogP contribution in [0.4, 0.5) is 0 Å². The molecule has 0 radical (unpaired) electrons. The van der Waals surface area contributed by atoms with E-state index in [4.69, 9.17) is 4.74 Å². The van der Waals surface area contributed by atoms with Gasteiger partial charge in [-0.15, -0.1) is 0 Å². The summed E-state index contributed by atoms with van der Waals surface area (Å²) in [6, 6.07) is 0. The molecule has 0 bridgehead atoms. The first kappa shape index (κ1) is 11.7. The maximum absolute atomic E-state index is 11.3. The molecule has 0 rings (SSSR count). The Labute approximate surface area is 77.9 Å². The summed E-state index contributed by atoms with van der Waals surface area (Å²) in [4.78, 5) is 15.1. The standard InChI is InChI=1S/C9H15NO3/c1-5-13-9(12)8(7(3)11)6(2)10-4/h11H,5H2,1-4H3/b8-7-,10-6?. The Bertz CT molecular complexity index is 250. The third-order valence-electron chi connectivity index (χ3n) is 1.54. The summed E-state index contributed by atoms with van der Waals surface area (Å²) in [5.74, 6) is -0.604. The Balaban J connectivity index is 4.86. The zero-order chi connectivity index (χ0) is 10.4. The van der Waals surface area contributed by atoms with Crippen molar-refractivity contribution in [2.24, 2.45) is 4.99 Å². The third-order valence-corrected chi connectivity index (χ3v) is 1.54. The lowest BCUT2D eigenvalue weighted by molar-refractivity contribution is -0.138. The number of aliphatic hydroxyl groups is 1. The fourth-order valence-corrected chi connectivity index (χ4v) is 0.872. The highest BCUT2D eigenvalue weighted by molar-refractivity contribution is 6.19. The second kappa shape index (κ2) is 5.35. The lowest BCUT2D eigenvalue weighted by Gasteiger charge is -2.06. The van der Waals surface area contributed by atoms with Crippen molar-refractivity contribution in [1.82, 2.24) is 0 Å². The van der Waals surface area contributed by atoms with Gasteiger partial charge in [-0.05, 0) is 20.8 Å². The van der Waals surface area contributed by atoms with Crippen molar-refractivity contribution in [2.75, 3.05) is 13.7 Å². The SMILES string of the molecule is CCOC(=O)/C(C(C)=NC)=C(/C)O. The van der Waals surface area contributed by atoms with E-state index in [0.717, 1.165) is 0 Å². The van der Waals surface area contributed by atoms with Gasteiger partial charge in [-0.3, -0.25) is 4.99 Å². The Morgan fingerprint density at radius 1 is 1.46 bits per heavy atom. The van der Waals surface area contributed by atoms with Crippen LogP contribution in [0.15, 0.2) is 16.3 Å². The molecular weight excluding hydrogens is 170 g/mol. The van der Waals surface area contributed by atoms with Gasteiger partial charge in [-0.25, -0.2) is 4.79 Å². The minimum Gasteiger partial charge on any atom is -0.512 e. The molecule has 1 N–H and O–H groups in total. The van der Waals surface area contributed by atoms with Crippen LogP contribution in [0.1, 0.15) is 20.8 Å². The molecule has 0 aliphatic heterocycles. The van der Waals surface area contributed by atoms with Gasteiger partial charge in [0, 0.05) is 12.8 Å². The van der Waals surface area contributed by atoms with Crippen LogP contribution in [0.2, 0.25) is 0 Å². The lowest BCUT2D eigenvalue weighted by Crippen LogP contribution is -2.15. The quantitative estimate of drug-likeness (QED) is 0.313. The molecule has 4 nitrogen and oxygen atoms in total. The smallest absolute Gasteiger partial charge is 0.343 e. The molecule has 0 atom stereocenters. The van der Waals surface area contributed by atoms with E-state index in [0.29, 0.717) is 5.71 Å². The molecule has 0 unspecified atom stereocenters. The van der Waals surface area contributed by atoms with Crippen LogP contribution in [0, 0.1) is 0 Å². The van der Waals surface area contributed by atoms with Crippen LogP contribution < -0.4 is 0 Å². The number of carbonyl (C=O) groups excluding carboxylic acids is 1. The second-order valence-corrected chi connectivity index (χ2v) is 2.49. The maximum Gasteiger partial charge on any atom is 0.343 e. The number of hydrogen-bond donors (Lipinski definition) is 1. The van der Waals surface area contributed by atoms with E-state index < -0.39 is 5.97 Å². The minimum absolute atomic E-state index is 0.0680.